The lowest BCUT2D eigenvalue weighted by atomic mass is 10.1. The van der Waals surface area contributed by atoms with Crippen molar-refractivity contribution in [3.05, 3.63) is 12.7 Å². The Morgan fingerprint density at radius 1 is 1.39 bits per heavy atom. The molecule has 1 fully saturated rings. The molecule has 0 radical (unpaired) electrons. The summed E-state index contributed by atoms with van der Waals surface area (Å²) in [6.07, 6.45) is -2.89. The van der Waals surface area contributed by atoms with Crippen LogP contribution < -0.4 is 5.73 Å². The van der Waals surface area contributed by atoms with Gasteiger partial charge in [0.15, 0.2) is 23.8 Å². The summed E-state index contributed by atoms with van der Waals surface area (Å²) in [5.41, 5.74) is 6.29. The maximum Gasteiger partial charge on any atom is 0.277 e. The summed E-state index contributed by atoms with van der Waals surface area (Å²) in [5.74, 6) is -0.693. The highest BCUT2D eigenvalue weighted by Gasteiger charge is 2.48. The molecule has 0 spiro atoms. The van der Waals surface area contributed by atoms with Crippen LogP contribution in [0.15, 0.2) is 12.7 Å². The number of carbonyl (C=O) groups excluding carboxylic acids is 1. The second-order valence-electron chi connectivity index (χ2n) is 5.07. The van der Waals surface area contributed by atoms with Gasteiger partial charge in [0.05, 0.1) is 6.33 Å². The number of nitrogens with two attached hydrogens (primary N) is 1. The summed E-state index contributed by atoms with van der Waals surface area (Å²) in [7, 11) is 0. The lowest BCUT2D eigenvalue weighted by Gasteiger charge is -2.19. The minimum absolute atomic E-state index is 0.0178. The molecule has 1 unspecified atom stereocenters. The van der Waals surface area contributed by atoms with Crippen molar-refractivity contribution in [3.8, 4) is 0 Å². The van der Waals surface area contributed by atoms with Crippen LogP contribution in [0.25, 0.3) is 11.2 Å². The Morgan fingerprint density at radius 3 is 2.83 bits per heavy atom. The van der Waals surface area contributed by atoms with Crippen LogP contribution in [-0.2, 0) is 9.53 Å². The summed E-state index contributed by atoms with van der Waals surface area (Å²) in [5, 5.41) is 30.1. The molecule has 11 heteroatoms. The smallest absolute Gasteiger partial charge is 0.277 e. The zero-order valence-corrected chi connectivity index (χ0v) is 12.1. The summed E-state index contributed by atoms with van der Waals surface area (Å²) >= 11 is 0. The lowest BCUT2D eigenvalue weighted by Crippen LogP contribution is -2.43. The third-order valence-electron chi connectivity index (χ3n) is 3.70. The van der Waals surface area contributed by atoms with E-state index in [-0.39, 0.29) is 18.0 Å². The minimum Gasteiger partial charge on any atom is -0.387 e. The van der Waals surface area contributed by atoms with E-state index in [0.29, 0.717) is 10.6 Å². The molecule has 124 valence electrons. The first-order valence-electron chi connectivity index (χ1n) is 6.90. The molecule has 0 saturated carbocycles. The first kappa shape index (κ1) is 15.6. The zero-order chi connectivity index (χ0) is 16.7. The quantitative estimate of drug-likeness (QED) is 0.379. The molecule has 3 heterocycles. The maximum atomic E-state index is 12.0. The second-order valence-corrected chi connectivity index (χ2v) is 5.07. The number of aliphatic hydroxyl groups excluding tert-OH is 2. The van der Waals surface area contributed by atoms with E-state index in [4.69, 9.17) is 10.5 Å². The van der Waals surface area contributed by atoms with Crippen LogP contribution in [-0.4, -0.2) is 70.8 Å². The normalized spacial score (nSPS) is 27.5. The number of carbonyl (C=O) groups is 1. The number of aromatic nitrogens is 4. The molecule has 3 rings (SSSR count). The number of nitrogens with zero attached hydrogens (tertiary/aromatic N) is 5. The molecule has 2 aromatic heterocycles. The predicted molar refractivity (Wildman–Crippen MR) is 74.8 cm³/mol. The summed E-state index contributed by atoms with van der Waals surface area (Å²) in [6.45, 7) is 1.57. The van der Waals surface area contributed by atoms with Gasteiger partial charge in [-0.1, -0.05) is 0 Å². The standard InChI is InChI=1S/C12H16N6O5/c1-2-18(22)11(21)8-6(19)7(20)12(23-8)17-4-16-5-9(13)14-3-15-10(5)17/h3-4,6-8,12,19-20,22H,2H2,1H3,(H2,13,14,15)/t6-,7+,8-,12?/m0/s1. The molecule has 4 atom stereocenters. The molecule has 23 heavy (non-hydrogen) atoms. The van der Waals surface area contributed by atoms with Gasteiger partial charge in [0.25, 0.3) is 5.91 Å². The Balaban J connectivity index is 1.94. The van der Waals surface area contributed by atoms with Gasteiger partial charge in [-0.05, 0) is 6.92 Å². The van der Waals surface area contributed by atoms with Crippen LogP contribution in [0.4, 0.5) is 5.82 Å². The largest absolute Gasteiger partial charge is 0.387 e. The van der Waals surface area contributed by atoms with E-state index >= 15 is 0 Å². The molecule has 0 aromatic carbocycles. The maximum absolute atomic E-state index is 12.0. The SMILES string of the molecule is CCN(O)C(=O)[C@H]1OC(n2cnc3c(N)ncnc32)[C@H](O)[C@@H]1O. The van der Waals surface area contributed by atoms with E-state index in [1.807, 2.05) is 0 Å². The van der Waals surface area contributed by atoms with Crippen molar-refractivity contribution in [2.45, 2.75) is 31.5 Å². The number of aliphatic hydroxyl groups is 2. The summed E-state index contributed by atoms with van der Waals surface area (Å²) < 4.78 is 6.78. The van der Waals surface area contributed by atoms with Crippen molar-refractivity contribution in [1.29, 1.82) is 0 Å². The molecule has 1 amide bonds. The fraction of sp³-hybridized carbons (Fsp3) is 0.500. The van der Waals surface area contributed by atoms with E-state index in [1.54, 1.807) is 6.92 Å². The van der Waals surface area contributed by atoms with E-state index in [0.717, 1.165) is 0 Å². The lowest BCUT2D eigenvalue weighted by molar-refractivity contribution is -0.181. The first-order valence-corrected chi connectivity index (χ1v) is 6.90. The fourth-order valence-corrected chi connectivity index (χ4v) is 2.45. The van der Waals surface area contributed by atoms with Crippen LogP contribution in [0.5, 0.6) is 0 Å². The van der Waals surface area contributed by atoms with Crippen molar-refractivity contribution in [3.63, 3.8) is 0 Å². The van der Waals surface area contributed by atoms with Crippen LogP contribution >= 0.6 is 0 Å². The summed E-state index contributed by atoms with van der Waals surface area (Å²) in [4.78, 5) is 23.8. The Bertz CT molecular complexity index is 736. The van der Waals surface area contributed by atoms with Gasteiger partial charge < -0.3 is 20.7 Å². The van der Waals surface area contributed by atoms with E-state index in [9.17, 15) is 20.2 Å². The molecule has 1 saturated heterocycles. The second kappa shape index (κ2) is 5.70. The molecule has 1 aliphatic heterocycles. The Hall–Kier alpha value is -2.34. The van der Waals surface area contributed by atoms with Gasteiger partial charge in [-0.2, -0.15) is 0 Å². The van der Waals surface area contributed by atoms with Crippen LogP contribution in [0.1, 0.15) is 13.2 Å². The average Bonchev–Trinajstić information content (AvgIpc) is 3.09. The van der Waals surface area contributed by atoms with Crippen LogP contribution in [0, 0.1) is 0 Å². The van der Waals surface area contributed by atoms with Gasteiger partial charge in [-0.15, -0.1) is 0 Å². The van der Waals surface area contributed by atoms with Gasteiger partial charge in [-0.3, -0.25) is 14.6 Å². The third-order valence-corrected chi connectivity index (χ3v) is 3.70. The fourth-order valence-electron chi connectivity index (χ4n) is 2.45. The molecule has 11 nitrogen and oxygen atoms in total. The Kier molecular flexibility index (Phi) is 3.85. The molecule has 1 aliphatic rings. The van der Waals surface area contributed by atoms with Crippen molar-refractivity contribution >= 4 is 22.9 Å². The number of hydrogen-bond acceptors (Lipinski definition) is 9. The number of ether oxygens (including phenoxy) is 1. The number of fused-ring (bicyclic) bond motifs is 1. The molecule has 2 aromatic rings. The molecule has 0 aliphatic carbocycles. The van der Waals surface area contributed by atoms with Crippen molar-refractivity contribution in [2.75, 3.05) is 12.3 Å². The van der Waals surface area contributed by atoms with Gasteiger partial charge in [0.1, 0.15) is 24.1 Å². The Morgan fingerprint density at radius 2 is 2.13 bits per heavy atom. The van der Waals surface area contributed by atoms with Gasteiger partial charge in [0, 0.05) is 6.54 Å². The number of anilines is 1. The number of amides is 1. The highest BCUT2D eigenvalue weighted by molar-refractivity contribution is 5.82. The van der Waals surface area contributed by atoms with Crippen LogP contribution in [0.3, 0.4) is 0 Å². The van der Waals surface area contributed by atoms with Crippen molar-refractivity contribution in [1.82, 2.24) is 24.6 Å². The van der Waals surface area contributed by atoms with Crippen molar-refractivity contribution in [2.24, 2.45) is 0 Å². The van der Waals surface area contributed by atoms with Gasteiger partial charge >= 0.3 is 0 Å². The van der Waals surface area contributed by atoms with Crippen molar-refractivity contribution < 1.29 is 25.0 Å². The number of nitrogen functional groups attached to an aromatic ring is 1. The number of imidazole rings is 1. The van der Waals surface area contributed by atoms with E-state index < -0.39 is 30.4 Å². The van der Waals surface area contributed by atoms with Gasteiger partial charge in [0.2, 0.25) is 0 Å². The van der Waals surface area contributed by atoms with E-state index in [2.05, 4.69) is 15.0 Å². The number of hydroxylamine groups is 2. The Labute approximate surface area is 129 Å². The number of likely N-dealkylation sites (N-methyl/N-ethyl adjacent to an activating group) is 1. The zero-order valence-electron chi connectivity index (χ0n) is 12.1. The molecule has 5 N–H and O–H groups in total. The number of hydrogen-bond donors (Lipinski definition) is 4. The monoisotopic (exact) mass is 324 g/mol. The molecule has 0 bridgehead atoms. The average molecular weight is 324 g/mol. The predicted octanol–water partition coefficient (Wildman–Crippen LogP) is -1.73. The third kappa shape index (κ3) is 2.39. The molecular weight excluding hydrogens is 308 g/mol. The minimum atomic E-state index is -1.51. The highest BCUT2D eigenvalue weighted by atomic mass is 16.6. The number of rotatable bonds is 3. The highest BCUT2D eigenvalue weighted by Crippen LogP contribution is 2.32. The van der Waals surface area contributed by atoms with Crippen LogP contribution in [0.2, 0.25) is 0 Å². The summed E-state index contributed by atoms with van der Waals surface area (Å²) in [6, 6.07) is 0. The van der Waals surface area contributed by atoms with Gasteiger partial charge in [-0.25, -0.2) is 20.0 Å². The van der Waals surface area contributed by atoms with E-state index in [1.165, 1.54) is 17.2 Å². The first-order chi connectivity index (χ1) is 11.0. The molecular formula is C12H16N6O5. The topological polar surface area (TPSA) is 160 Å².